The van der Waals surface area contributed by atoms with Crippen molar-refractivity contribution in [2.45, 2.75) is 38.5 Å². The monoisotopic (exact) mass is 391 g/mol. The molecule has 0 N–H and O–H groups in total. The van der Waals surface area contributed by atoms with Crippen molar-refractivity contribution in [1.82, 2.24) is 15.0 Å². The van der Waals surface area contributed by atoms with Gasteiger partial charge in [-0.25, -0.2) is 8.42 Å². The van der Waals surface area contributed by atoms with Gasteiger partial charge in [0, 0.05) is 19.0 Å². The van der Waals surface area contributed by atoms with Crippen LogP contribution < -0.4 is 0 Å². The number of benzene rings is 1. The van der Waals surface area contributed by atoms with Crippen molar-refractivity contribution in [3.05, 3.63) is 47.6 Å². The summed E-state index contributed by atoms with van der Waals surface area (Å²) in [5.74, 6) is 0.656. The Morgan fingerprint density at radius 2 is 1.93 bits per heavy atom. The van der Waals surface area contributed by atoms with Crippen molar-refractivity contribution in [3.63, 3.8) is 0 Å². The molecule has 7 nitrogen and oxygen atoms in total. The van der Waals surface area contributed by atoms with E-state index in [4.69, 9.17) is 4.52 Å². The lowest BCUT2D eigenvalue weighted by molar-refractivity contribution is -0.129. The van der Waals surface area contributed by atoms with Crippen LogP contribution in [0.1, 0.15) is 42.5 Å². The zero-order chi connectivity index (χ0) is 19.3. The molecule has 1 aliphatic heterocycles. The van der Waals surface area contributed by atoms with E-state index in [1.54, 1.807) is 11.8 Å². The molecule has 1 amide bonds. The Morgan fingerprint density at radius 3 is 2.56 bits per heavy atom. The van der Waals surface area contributed by atoms with Crippen molar-refractivity contribution >= 4 is 15.7 Å². The second kappa shape index (κ2) is 8.65. The minimum Gasteiger partial charge on any atom is -0.342 e. The molecule has 1 saturated heterocycles. The molecule has 27 heavy (non-hydrogen) atoms. The summed E-state index contributed by atoms with van der Waals surface area (Å²) in [5.41, 5.74) is 1.11. The van der Waals surface area contributed by atoms with Crippen LogP contribution >= 0.6 is 0 Å². The molecule has 8 heteroatoms. The van der Waals surface area contributed by atoms with E-state index in [1.807, 2.05) is 30.3 Å². The van der Waals surface area contributed by atoms with E-state index in [0.717, 1.165) is 5.56 Å². The normalized spacial score (nSPS) is 15.8. The van der Waals surface area contributed by atoms with Gasteiger partial charge in [0.1, 0.15) is 5.75 Å². The van der Waals surface area contributed by atoms with Crippen molar-refractivity contribution in [1.29, 1.82) is 0 Å². The van der Waals surface area contributed by atoms with E-state index in [1.165, 1.54) is 0 Å². The summed E-state index contributed by atoms with van der Waals surface area (Å²) in [6.07, 6.45) is 2.64. The molecule has 1 fully saturated rings. The van der Waals surface area contributed by atoms with E-state index in [-0.39, 0.29) is 17.6 Å². The van der Waals surface area contributed by atoms with E-state index in [9.17, 15) is 13.2 Å². The first-order chi connectivity index (χ1) is 12.9. The third-order valence-electron chi connectivity index (χ3n) is 4.85. The van der Waals surface area contributed by atoms with Crippen LogP contribution in [0, 0.1) is 6.92 Å². The lowest BCUT2D eigenvalue weighted by Gasteiger charge is -2.30. The number of carbonyl (C=O) groups excluding carboxylic acids is 1. The molecule has 0 saturated carbocycles. The quantitative estimate of drug-likeness (QED) is 0.718. The van der Waals surface area contributed by atoms with Crippen LogP contribution in [0.5, 0.6) is 0 Å². The predicted octanol–water partition coefficient (Wildman–Crippen LogP) is 2.13. The van der Waals surface area contributed by atoms with Gasteiger partial charge in [0.2, 0.25) is 11.8 Å². The second-order valence-corrected chi connectivity index (χ2v) is 9.20. The lowest BCUT2D eigenvalue weighted by Crippen LogP contribution is -2.41. The van der Waals surface area contributed by atoms with Crippen LogP contribution in [0.25, 0.3) is 0 Å². The number of aryl methyl sites for hydroxylation is 2. The Balaban J connectivity index is 1.44. The molecular weight excluding hydrogens is 366 g/mol. The maximum atomic E-state index is 12.4. The zero-order valence-electron chi connectivity index (χ0n) is 15.5. The number of piperidine rings is 1. The van der Waals surface area contributed by atoms with Crippen LogP contribution in [-0.4, -0.2) is 54.0 Å². The van der Waals surface area contributed by atoms with Gasteiger partial charge in [0.25, 0.3) is 0 Å². The molecule has 2 aromatic rings. The van der Waals surface area contributed by atoms with E-state index < -0.39 is 15.6 Å². The first kappa shape index (κ1) is 19.5. The highest BCUT2D eigenvalue weighted by molar-refractivity contribution is 7.92. The third kappa shape index (κ3) is 5.63. The molecule has 0 radical (unpaired) electrons. The van der Waals surface area contributed by atoms with Gasteiger partial charge >= 0.3 is 0 Å². The maximum Gasteiger partial charge on any atom is 0.237 e. The van der Waals surface area contributed by atoms with Crippen molar-refractivity contribution in [2.75, 3.05) is 24.6 Å². The molecule has 0 aliphatic carbocycles. The number of nitrogens with zero attached hydrogens (tertiary/aromatic N) is 3. The average Bonchev–Trinajstić information content (AvgIpc) is 3.08. The molecule has 1 aliphatic rings. The topological polar surface area (TPSA) is 93.4 Å². The molecule has 146 valence electrons. The Kier molecular flexibility index (Phi) is 6.26. The third-order valence-corrected chi connectivity index (χ3v) is 6.44. The van der Waals surface area contributed by atoms with Crippen molar-refractivity contribution in [3.8, 4) is 0 Å². The van der Waals surface area contributed by atoms with Crippen LogP contribution in [0.4, 0.5) is 0 Å². The molecule has 3 rings (SSSR count). The number of amides is 1. The molecule has 1 aromatic carbocycles. The molecule has 1 aromatic heterocycles. The summed E-state index contributed by atoms with van der Waals surface area (Å²) < 4.78 is 29.8. The van der Waals surface area contributed by atoms with Crippen LogP contribution in [0.2, 0.25) is 0 Å². The first-order valence-corrected chi connectivity index (χ1v) is 11.1. The van der Waals surface area contributed by atoms with Crippen LogP contribution in [0.3, 0.4) is 0 Å². The summed E-state index contributed by atoms with van der Waals surface area (Å²) in [6, 6.07) is 9.76. The average molecular weight is 391 g/mol. The Bertz CT molecular complexity index is 856. The fraction of sp³-hybridized carbons (Fsp3) is 0.526. The zero-order valence-corrected chi connectivity index (χ0v) is 16.3. The lowest BCUT2D eigenvalue weighted by atomic mass is 9.97. The second-order valence-electron chi connectivity index (χ2n) is 7.02. The fourth-order valence-corrected chi connectivity index (χ4v) is 4.63. The van der Waals surface area contributed by atoms with Crippen molar-refractivity contribution < 1.29 is 17.7 Å². The molecule has 2 heterocycles. The number of sulfone groups is 1. The molecule has 0 bridgehead atoms. The predicted molar refractivity (Wildman–Crippen MR) is 101 cm³/mol. The van der Waals surface area contributed by atoms with E-state index in [2.05, 4.69) is 10.1 Å². The van der Waals surface area contributed by atoms with Gasteiger partial charge in [-0.1, -0.05) is 35.5 Å². The van der Waals surface area contributed by atoms with Gasteiger partial charge in [-0.15, -0.1) is 0 Å². The number of hydrogen-bond acceptors (Lipinski definition) is 6. The summed E-state index contributed by atoms with van der Waals surface area (Å²) in [5, 5.41) is 3.80. The molecular formula is C19H25N3O4S. The Labute approximate surface area is 159 Å². The van der Waals surface area contributed by atoms with Gasteiger partial charge in [0.05, 0.1) is 5.75 Å². The Morgan fingerprint density at radius 1 is 1.22 bits per heavy atom. The number of aromatic nitrogens is 2. The maximum absolute atomic E-state index is 12.4. The van der Waals surface area contributed by atoms with Gasteiger partial charge < -0.3 is 9.42 Å². The number of carbonyl (C=O) groups is 1. The highest BCUT2D eigenvalue weighted by Crippen LogP contribution is 2.26. The largest absolute Gasteiger partial charge is 0.342 e. The summed E-state index contributed by atoms with van der Waals surface area (Å²) in [4.78, 5) is 18.3. The Hall–Kier alpha value is -2.22. The smallest absolute Gasteiger partial charge is 0.237 e. The number of rotatable bonds is 7. The van der Waals surface area contributed by atoms with E-state index >= 15 is 0 Å². The van der Waals surface area contributed by atoms with Crippen molar-refractivity contribution in [2.24, 2.45) is 0 Å². The highest BCUT2D eigenvalue weighted by Gasteiger charge is 2.29. The van der Waals surface area contributed by atoms with Gasteiger partial charge in [-0.05, 0) is 38.2 Å². The summed E-state index contributed by atoms with van der Waals surface area (Å²) in [6.45, 7) is 2.81. The first-order valence-electron chi connectivity index (χ1n) is 9.25. The SMILES string of the molecule is Cc1noc(C2CCN(C(=O)CS(=O)(=O)CCCc3ccccc3)CC2)n1. The number of hydrogen-bond donors (Lipinski definition) is 0. The minimum atomic E-state index is -3.39. The fourth-order valence-electron chi connectivity index (χ4n) is 3.35. The molecule has 0 spiro atoms. The number of likely N-dealkylation sites (tertiary alicyclic amines) is 1. The van der Waals surface area contributed by atoms with Gasteiger partial charge in [-0.2, -0.15) is 4.98 Å². The van der Waals surface area contributed by atoms with Gasteiger partial charge in [-0.3, -0.25) is 4.79 Å². The highest BCUT2D eigenvalue weighted by atomic mass is 32.2. The minimum absolute atomic E-state index is 0.0331. The molecule has 0 atom stereocenters. The summed E-state index contributed by atoms with van der Waals surface area (Å²) >= 11 is 0. The van der Waals surface area contributed by atoms with Crippen LogP contribution in [-0.2, 0) is 21.1 Å². The van der Waals surface area contributed by atoms with Gasteiger partial charge in [0.15, 0.2) is 15.7 Å². The van der Waals surface area contributed by atoms with E-state index in [0.29, 0.717) is 50.5 Å². The van der Waals surface area contributed by atoms with Crippen LogP contribution in [0.15, 0.2) is 34.9 Å². The standard InChI is InChI=1S/C19H25N3O4S/c1-15-20-19(26-21-15)17-9-11-22(12-10-17)18(23)14-27(24,25)13-5-8-16-6-3-2-4-7-16/h2-4,6-7,17H,5,8-14H2,1H3. The summed E-state index contributed by atoms with van der Waals surface area (Å²) in [7, 11) is -3.39. The molecule has 0 unspecified atom stereocenters.